The number of fused-ring (bicyclic) bond motifs is 3. The van der Waals surface area contributed by atoms with E-state index in [1.807, 2.05) is 0 Å². The van der Waals surface area contributed by atoms with Crippen molar-refractivity contribution in [1.82, 2.24) is 0 Å². The van der Waals surface area contributed by atoms with Crippen LogP contribution in [-0.2, 0) is 0 Å². The molecule has 0 saturated heterocycles. The zero-order valence-corrected chi connectivity index (χ0v) is 7.14. The molecule has 0 aliphatic heterocycles. The van der Waals surface area contributed by atoms with Crippen molar-refractivity contribution in [1.29, 1.82) is 0 Å². The lowest BCUT2D eigenvalue weighted by Gasteiger charge is -2.45. The maximum absolute atomic E-state index is 2.45. The van der Waals surface area contributed by atoms with Crippen LogP contribution in [0.5, 0.6) is 0 Å². The molecule has 3 rings (SSSR count). The van der Waals surface area contributed by atoms with Gasteiger partial charge in [0.1, 0.15) is 0 Å². The smallest absolute Gasteiger partial charge is 0.0386 e. The third-order valence-electron chi connectivity index (χ3n) is 3.87. The Morgan fingerprint density at radius 3 is 1.40 bits per heavy atom. The van der Waals surface area contributed by atoms with Crippen LogP contribution in [0.2, 0.25) is 0 Å². The van der Waals surface area contributed by atoms with Crippen molar-refractivity contribution >= 4 is 0 Å². The van der Waals surface area contributed by atoms with Gasteiger partial charge >= 0.3 is 0 Å². The van der Waals surface area contributed by atoms with Crippen molar-refractivity contribution in [2.75, 3.05) is 0 Å². The predicted molar refractivity (Wildman–Crippen MR) is 43.8 cm³/mol. The molecule has 0 aromatic heterocycles. The molecule has 58 valence electrons. The van der Waals surface area contributed by atoms with Crippen LogP contribution in [0.4, 0.5) is 0 Å². The van der Waals surface area contributed by atoms with Gasteiger partial charge in [-0.05, 0) is 49.4 Å². The van der Waals surface area contributed by atoms with Gasteiger partial charge in [0, 0.05) is 0 Å². The first-order valence-corrected chi connectivity index (χ1v) is 4.77. The van der Waals surface area contributed by atoms with Crippen LogP contribution in [0.3, 0.4) is 0 Å². The van der Waals surface area contributed by atoms with Gasteiger partial charge in [0.2, 0.25) is 0 Å². The summed E-state index contributed by atoms with van der Waals surface area (Å²) in [6, 6.07) is 0. The fraction of sp³-hybridized carbons (Fsp3) is 1.00. The van der Waals surface area contributed by atoms with Gasteiger partial charge in [0.15, 0.2) is 0 Å². The Kier molecular flexibility index (Phi) is 1.51. The Balaban J connectivity index is 2.09. The summed E-state index contributed by atoms with van der Waals surface area (Å²) in [4.78, 5) is 0. The fourth-order valence-electron chi connectivity index (χ4n) is 3.04. The second-order valence-electron chi connectivity index (χ2n) is 4.52. The van der Waals surface area contributed by atoms with Gasteiger partial charge in [-0.2, -0.15) is 0 Å². The normalized spacial score (nSPS) is 53.4. The molecular weight excluding hydrogens is 120 g/mol. The van der Waals surface area contributed by atoms with Crippen LogP contribution in [0.25, 0.3) is 0 Å². The summed E-state index contributed by atoms with van der Waals surface area (Å²) in [6.45, 7) is 4.89. The quantitative estimate of drug-likeness (QED) is 0.482. The Labute approximate surface area is 64.0 Å². The van der Waals surface area contributed by atoms with E-state index in [1.54, 1.807) is 0 Å². The van der Waals surface area contributed by atoms with E-state index in [2.05, 4.69) is 13.8 Å². The molecule has 10 heavy (non-hydrogen) atoms. The molecule has 3 fully saturated rings. The standard InChI is InChI=1S/C10H18/c1-7-5-10-4-3-9(7)6-8(10)2/h7-10H,3-6H2,1-2H3. The van der Waals surface area contributed by atoms with E-state index >= 15 is 0 Å². The fourth-order valence-corrected chi connectivity index (χ4v) is 3.04. The molecule has 0 N–H and O–H groups in total. The van der Waals surface area contributed by atoms with Crippen molar-refractivity contribution in [2.45, 2.75) is 39.5 Å². The van der Waals surface area contributed by atoms with E-state index in [1.165, 1.54) is 25.7 Å². The van der Waals surface area contributed by atoms with Gasteiger partial charge < -0.3 is 0 Å². The molecule has 4 atom stereocenters. The Hall–Kier alpha value is 0. The number of rotatable bonds is 0. The van der Waals surface area contributed by atoms with Crippen molar-refractivity contribution in [3.05, 3.63) is 0 Å². The van der Waals surface area contributed by atoms with E-state index in [0.717, 1.165) is 23.7 Å². The highest BCUT2D eigenvalue weighted by Crippen LogP contribution is 2.47. The largest absolute Gasteiger partial charge is 0.0622 e. The molecule has 0 aromatic rings. The van der Waals surface area contributed by atoms with Crippen molar-refractivity contribution in [2.24, 2.45) is 23.7 Å². The lowest BCUT2D eigenvalue weighted by molar-refractivity contribution is 0.0590. The average Bonchev–Trinajstić information content (AvgIpc) is 1.91. The first-order chi connectivity index (χ1) is 4.77. The molecule has 3 saturated carbocycles. The summed E-state index contributed by atoms with van der Waals surface area (Å²) in [5.74, 6) is 4.30. The molecule has 0 radical (unpaired) electrons. The molecule has 0 nitrogen and oxygen atoms in total. The predicted octanol–water partition coefficient (Wildman–Crippen LogP) is 3.08. The maximum Gasteiger partial charge on any atom is -0.0386 e. The van der Waals surface area contributed by atoms with Crippen LogP contribution >= 0.6 is 0 Å². The minimum absolute atomic E-state index is 1.05. The summed E-state index contributed by atoms with van der Waals surface area (Å²) in [5, 5.41) is 0. The molecule has 0 heteroatoms. The van der Waals surface area contributed by atoms with Crippen LogP contribution in [0, 0.1) is 23.7 Å². The zero-order valence-electron chi connectivity index (χ0n) is 7.14. The maximum atomic E-state index is 2.45. The molecule has 4 unspecified atom stereocenters. The SMILES string of the molecule is CC1CC2CCC1CC2C. The summed E-state index contributed by atoms with van der Waals surface area (Å²) in [6.07, 6.45) is 6.14. The van der Waals surface area contributed by atoms with E-state index in [9.17, 15) is 0 Å². The number of hydrogen-bond acceptors (Lipinski definition) is 0. The average molecular weight is 138 g/mol. The van der Waals surface area contributed by atoms with Crippen LogP contribution in [-0.4, -0.2) is 0 Å². The molecule has 0 amide bonds. The molecule has 3 aliphatic carbocycles. The van der Waals surface area contributed by atoms with Crippen molar-refractivity contribution in [3.63, 3.8) is 0 Å². The first kappa shape index (κ1) is 6.69. The molecule has 0 aromatic carbocycles. The molecular formula is C10H18. The van der Waals surface area contributed by atoms with E-state index < -0.39 is 0 Å². The molecule has 0 heterocycles. The Morgan fingerprint density at radius 1 is 0.800 bits per heavy atom. The molecule has 3 aliphatic rings. The third kappa shape index (κ3) is 0.889. The van der Waals surface area contributed by atoms with Gasteiger partial charge in [0.05, 0.1) is 0 Å². The highest BCUT2D eigenvalue weighted by molar-refractivity contribution is 4.87. The van der Waals surface area contributed by atoms with Gasteiger partial charge in [-0.3, -0.25) is 0 Å². The first-order valence-electron chi connectivity index (χ1n) is 4.77. The van der Waals surface area contributed by atoms with Crippen LogP contribution < -0.4 is 0 Å². The van der Waals surface area contributed by atoms with Gasteiger partial charge in [-0.25, -0.2) is 0 Å². The second kappa shape index (κ2) is 2.25. The van der Waals surface area contributed by atoms with Gasteiger partial charge in [-0.15, -0.1) is 0 Å². The topological polar surface area (TPSA) is 0 Å². The Bertz CT molecular complexity index is 112. The summed E-state index contributed by atoms with van der Waals surface area (Å²) >= 11 is 0. The number of hydrogen-bond donors (Lipinski definition) is 0. The lowest BCUT2D eigenvalue weighted by Crippen LogP contribution is -2.34. The van der Waals surface area contributed by atoms with Crippen molar-refractivity contribution in [3.8, 4) is 0 Å². The lowest BCUT2D eigenvalue weighted by atomic mass is 9.61. The molecule has 0 spiro atoms. The van der Waals surface area contributed by atoms with Crippen LogP contribution in [0.15, 0.2) is 0 Å². The zero-order chi connectivity index (χ0) is 7.14. The van der Waals surface area contributed by atoms with E-state index in [0.29, 0.717) is 0 Å². The van der Waals surface area contributed by atoms with Crippen molar-refractivity contribution < 1.29 is 0 Å². The summed E-state index contributed by atoms with van der Waals surface area (Å²) in [5.41, 5.74) is 0. The Morgan fingerprint density at radius 2 is 1.20 bits per heavy atom. The minimum Gasteiger partial charge on any atom is -0.0622 e. The molecule has 2 bridgehead atoms. The highest BCUT2D eigenvalue weighted by Gasteiger charge is 2.37. The minimum atomic E-state index is 1.05. The third-order valence-corrected chi connectivity index (χ3v) is 3.87. The second-order valence-corrected chi connectivity index (χ2v) is 4.52. The van der Waals surface area contributed by atoms with E-state index in [4.69, 9.17) is 0 Å². The monoisotopic (exact) mass is 138 g/mol. The summed E-state index contributed by atoms with van der Waals surface area (Å²) < 4.78 is 0. The highest BCUT2D eigenvalue weighted by atomic mass is 14.4. The van der Waals surface area contributed by atoms with E-state index in [-0.39, 0.29) is 0 Å². The van der Waals surface area contributed by atoms with Gasteiger partial charge in [-0.1, -0.05) is 13.8 Å². The van der Waals surface area contributed by atoms with Crippen LogP contribution in [0.1, 0.15) is 39.5 Å². The summed E-state index contributed by atoms with van der Waals surface area (Å²) in [7, 11) is 0. The van der Waals surface area contributed by atoms with Gasteiger partial charge in [0.25, 0.3) is 0 Å².